The quantitative estimate of drug-likeness (QED) is 0.349. The van der Waals surface area contributed by atoms with Gasteiger partial charge in [-0.25, -0.2) is 18.2 Å². The highest BCUT2D eigenvalue weighted by atomic mass is 35.5. The van der Waals surface area contributed by atoms with Crippen LogP contribution in [0.25, 0.3) is 11.2 Å². The Hall–Kier alpha value is -3.70. The van der Waals surface area contributed by atoms with Crippen LogP contribution in [0.5, 0.6) is 0 Å². The molecule has 0 saturated carbocycles. The molecular weight excluding hydrogens is 456 g/mol. The molecule has 164 valence electrons. The molecule has 2 heterocycles. The second-order valence-electron chi connectivity index (χ2n) is 6.77. The fourth-order valence-electron chi connectivity index (χ4n) is 3.11. The van der Waals surface area contributed by atoms with Crippen LogP contribution in [0.1, 0.15) is 15.9 Å². The summed E-state index contributed by atoms with van der Waals surface area (Å²) >= 11 is 6.00. The van der Waals surface area contributed by atoms with Crippen molar-refractivity contribution in [1.29, 1.82) is 0 Å². The first kappa shape index (κ1) is 21.5. The number of halogens is 1. The Labute approximate surface area is 188 Å². The van der Waals surface area contributed by atoms with Crippen molar-refractivity contribution in [3.63, 3.8) is 0 Å². The van der Waals surface area contributed by atoms with Crippen LogP contribution in [0.4, 0.5) is 11.5 Å². The number of hydrogen-bond donors (Lipinski definition) is 3. The lowest BCUT2D eigenvalue weighted by Gasteiger charge is -2.10. The highest BCUT2D eigenvalue weighted by Gasteiger charge is 2.16. The van der Waals surface area contributed by atoms with Crippen molar-refractivity contribution in [1.82, 2.24) is 19.5 Å². The number of carboxylic acid groups (broad SMARTS) is 1. The van der Waals surface area contributed by atoms with Gasteiger partial charge >= 0.3 is 5.97 Å². The van der Waals surface area contributed by atoms with Crippen LogP contribution in [0.2, 0.25) is 5.28 Å². The van der Waals surface area contributed by atoms with Gasteiger partial charge in [0.05, 0.1) is 23.3 Å². The summed E-state index contributed by atoms with van der Waals surface area (Å²) in [5.41, 5.74) is 2.08. The molecule has 10 nitrogen and oxygen atoms in total. The van der Waals surface area contributed by atoms with Gasteiger partial charge in [-0.3, -0.25) is 4.72 Å². The number of nitrogens with zero attached hydrogens (tertiary/aromatic N) is 4. The first-order valence-electron chi connectivity index (χ1n) is 9.28. The van der Waals surface area contributed by atoms with Crippen LogP contribution < -0.4 is 10.0 Å². The summed E-state index contributed by atoms with van der Waals surface area (Å²) < 4.78 is 29.8. The standard InChI is InChI=1S/C20H17ClN6O4S/c1-22-17-16-18(25-20(21)24-17)27(11-23-16)10-12-3-2-4-15(9-12)32(30,31)26-14-7-5-13(6-8-14)19(28)29/h2-9,11,26H,10H2,1H3,(H,28,29)(H,22,24,25). The molecule has 3 N–H and O–H groups in total. The van der Waals surface area contributed by atoms with Gasteiger partial charge in [0, 0.05) is 12.7 Å². The molecule has 0 unspecified atom stereocenters. The van der Waals surface area contributed by atoms with Gasteiger partial charge in [-0.05, 0) is 53.6 Å². The van der Waals surface area contributed by atoms with Crippen LogP contribution in [-0.4, -0.2) is 46.1 Å². The van der Waals surface area contributed by atoms with Crippen LogP contribution >= 0.6 is 11.6 Å². The lowest BCUT2D eigenvalue weighted by Crippen LogP contribution is -2.13. The van der Waals surface area contributed by atoms with Crippen LogP contribution in [0.15, 0.2) is 59.8 Å². The van der Waals surface area contributed by atoms with Crippen molar-refractivity contribution >= 4 is 50.3 Å². The smallest absolute Gasteiger partial charge is 0.335 e. The van der Waals surface area contributed by atoms with Gasteiger partial charge in [-0.1, -0.05) is 12.1 Å². The molecule has 0 bridgehead atoms. The van der Waals surface area contributed by atoms with Gasteiger partial charge in [0.1, 0.15) is 0 Å². The Bertz CT molecular complexity index is 1420. The van der Waals surface area contributed by atoms with Gasteiger partial charge in [0.15, 0.2) is 17.0 Å². The number of sulfonamides is 1. The Balaban J connectivity index is 1.60. The molecule has 0 spiro atoms. The van der Waals surface area contributed by atoms with Crippen molar-refractivity contribution in [3.05, 3.63) is 71.3 Å². The van der Waals surface area contributed by atoms with E-state index in [1.165, 1.54) is 30.3 Å². The third kappa shape index (κ3) is 4.34. The average Bonchev–Trinajstić information content (AvgIpc) is 3.16. The minimum Gasteiger partial charge on any atom is -0.478 e. The number of hydrogen-bond acceptors (Lipinski definition) is 7. The maximum Gasteiger partial charge on any atom is 0.335 e. The van der Waals surface area contributed by atoms with E-state index < -0.39 is 16.0 Å². The number of benzene rings is 2. The van der Waals surface area contributed by atoms with E-state index in [2.05, 4.69) is 25.0 Å². The summed E-state index contributed by atoms with van der Waals surface area (Å²) in [7, 11) is -2.18. The molecule has 2 aromatic heterocycles. The van der Waals surface area contributed by atoms with Crippen LogP contribution in [0.3, 0.4) is 0 Å². The normalized spacial score (nSPS) is 11.4. The molecule has 0 fully saturated rings. The average molecular weight is 473 g/mol. The van der Waals surface area contributed by atoms with Crippen LogP contribution in [0, 0.1) is 0 Å². The van der Waals surface area contributed by atoms with E-state index in [0.717, 1.165) is 0 Å². The number of nitrogens with one attached hydrogen (secondary N) is 2. The predicted octanol–water partition coefficient (Wildman–Crippen LogP) is 3.07. The molecule has 0 saturated heterocycles. The predicted molar refractivity (Wildman–Crippen MR) is 120 cm³/mol. The maximum atomic E-state index is 12.8. The van der Waals surface area contributed by atoms with E-state index in [1.54, 1.807) is 36.1 Å². The SMILES string of the molecule is CNc1nc(Cl)nc2c1ncn2Cc1cccc(S(=O)(=O)Nc2ccc(C(=O)O)cc2)c1. The first-order chi connectivity index (χ1) is 15.3. The van der Waals surface area contributed by atoms with Crippen molar-refractivity contribution < 1.29 is 18.3 Å². The summed E-state index contributed by atoms with van der Waals surface area (Å²) in [6, 6.07) is 11.9. The molecule has 0 aliphatic rings. The van der Waals surface area contributed by atoms with Crippen molar-refractivity contribution in [2.75, 3.05) is 17.1 Å². The molecule has 2 aromatic carbocycles. The summed E-state index contributed by atoms with van der Waals surface area (Å²) in [5, 5.41) is 12.0. The lowest BCUT2D eigenvalue weighted by atomic mass is 10.2. The fourth-order valence-corrected chi connectivity index (χ4v) is 4.40. The fraction of sp³-hybridized carbons (Fsp3) is 0.100. The lowest BCUT2D eigenvalue weighted by molar-refractivity contribution is 0.0697. The maximum absolute atomic E-state index is 12.8. The molecule has 0 amide bonds. The Morgan fingerprint density at radius 2 is 1.91 bits per heavy atom. The van der Waals surface area contributed by atoms with E-state index in [4.69, 9.17) is 16.7 Å². The van der Waals surface area contributed by atoms with Crippen LogP contribution in [-0.2, 0) is 16.6 Å². The number of carboxylic acids is 1. The number of rotatable bonds is 7. The number of aromatic nitrogens is 4. The first-order valence-corrected chi connectivity index (χ1v) is 11.1. The molecule has 0 radical (unpaired) electrons. The third-order valence-electron chi connectivity index (χ3n) is 4.62. The third-order valence-corrected chi connectivity index (χ3v) is 6.17. The summed E-state index contributed by atoms with van der Waals surface area (Å²) in [4.78, 5) is 23.7. The number of imidazole rings is 1. The molecule has 12 heteroatoms. The molecule has 0 aliphatic heterocycles. The summed E-state index contributed by atoms with van der Waals surface area (Å²) in [6.07, 6.45) is 1.58. The highest BCUT2D eigenvalue weighted by Crippen LogP contribution is 2.22. The Morgan fingerprint density at radius 3 is 2.59 bits per heavy atom. The second kappa shape index (κ2) is 8.44. The van der Waals surface area contributed by atoms with E-state index in [-0.39, 0.29) is 21.4 Å². The molecular formula is C20H17ClN6O4S. The highest BCUT2D eigenvalue weighted by molar-refractivity contribution is 7.92. The molecule has 32 heavy (non-hydrogen) atoms. The topological polar surface area (TPSA) is 139 Å². The monoisotopic (exact) mass is 472 g/mol. The number of anilines is 2. The molecule has 0 atom stereocenters. The number of aromatic carboxylic acids is 1. The summed E-state index contributed by atoms with van der Waals surface area (Å²) in [6.45, 7) is 0.309. The van der Waals surface area contributed by atoms with Crippen molar-refractivity contribution in [2.24, 2.45) is 0 Å². The van der Waals surface area contributed by atoms with Gasteiger partial charge < -0.3 is 15.0 Å². The zero-order valence-corrected chi connectivity index (χ0v) is 18.2. The van der Waals surface area contributed by atoms with Crippen molar-refractivity contribution in [3.8, 4) is 0 Å². The molecule has 4 aromatic rings. The van der Waals surface area contributed by atoms with E-state index >= 15 is 0 Å². The van der Waals surface area contributed by atoms with Gasteiger partial charge in [0.25, 0.3) is 10.0 Å². The van der Waals surface area contributed by atoms with E-state index in [1.807, 2.05) is 0 Å². The zero-order chi connectivity index (χ0) is 22.9. The number of carbonyl (C=O) groups is 1. The zero-order valence-electron chi connectivity index (χ0n) is 16.7. The van der Waals surface area contributed by atoms with E-state index in [0.29, 0.717) is 29.1 Å². The Kier molecular flexibility index (Phi) is 5.68. The molecule has 4 rings (SSSR count). The van der Waals surface area contributed by atoms with Gasteiger partial charge in [-0.2, -0.15) is 9.97 Å². The minimum atomic E-state index is -3.89. The molecule has 0 aliphatic carbocycles. The minimum absolute atomic E-state index is 0.0605. The second-order valence-corrected chi connectivity index (χ2v) is 8.79. The van der Waals surface area contributed by atoms with Crippen molar-refractivity contribution in [2.45, 2.75) is 11.4 Å². The summed E-state index contributed by atoms with van der Waals surface area (Å²) in [5.74, 6) is -0.597. The van der Waals surface area contributed by atoms with E-state index in [9.17, 15) is 13.2 Å². The van der Waals surface area contributed by atoms with Gasteiger partial charge in [-0.15, -0.1) is 0 Å². The Morgan fingerprint density at radius 1 is 1.16 bits per heavy atom. The number of fused-ring (bicyclic) bond motifs is 1. The largest absolute Gasteiger partial charge is 0.478 e. The van der Waals surface area contributed by atoms with Gasteiger partial charge in [0.2, 0.25) is 5.28 Å².